The Morgan fingerprint density at radius 2 is 2.19 bits per heavy atom. The molecule has 0 atom stereocenters. The van der Waals surface area contributed by atoms with Gasteiger partial charge in [0, 0.05) is 0 Å². The molecule has 1 heterocycles. The molecule has 1 rings (SSSR count). The standard InChI is InChI=1S/C7H5ClF3IN2O2/c8-5-4(12)6(15)14(2-13-5)3-16-1-7(9,10)11/h2H,1,3H2. The smallest absolute Gasteiger partial charge is 0.351 e. The van der Waals surface area contributed by atoms with Gasteiger partial charge in [-0.2, -0.15) is 13.2 Å². The van der Waals surface area contributed by atoms with Gasteiger partial charge in [0.05, 0.1) is 0 Å². The number of hydrogen-bond acceptors (Lipinski definition) is 3. The Morgan fingerprint density at radius 3 is 2.75 bits per heavy atom. The molecule has 4 nitrogen and oxygen atoms in total. The predicted molar refractivity (Wildman–Crippen MR) is 58.2 cm³/mol. The van der Waals surface area contributed by atoms with Crippen LogP contribution in [-0.4, -0.2) is 22.3 Å². The first-order valence-corrected chi connectivity index (χ1v) is 5.32. The van der Waals surface area contributed by atoms with Crippen LogP contribution in [0.2, 0.25) is 5.15 Å². The van der Waals surface area contributed by atoms with Crippen LogP contribution in [0.25, 0.3) is 0 Å². The van der Waals surface area contributed by atoms with E-state index in [9.17, 15) is 18.0 Å². The van der Waals surface area contributed by atoms with Crippen LogP contribution in [0.5, 0.6) is 0 Å². The molecular formula is C7H5ClF3IN2O2. The lowest BCUT2D eigenvalue weighted by atomic mass is 10.6. The van der Waals surface area contributed by atoms with Crippen LogP contribution in [0.15, 0.2) is 11.1 Å². The molecule has 1 aromatic rings. The maximum Gasteiger partial charge on any atom is 0.411 e. The summed E-state index contributed by atoms with van der Waals surface area (Å²) in [5.74, 6) is 0. The van der Waals surface area contributed by atoms with E-state index in [0.29, 0.717) is 0 Å². The monoisotopic (exact) mass is 368 g/mol. The number of aromatic nitrogens is 2. The highest BCUT2D eigenvalue weighted by atomic mass is 127. The molecule has 0 unspecified atom stereocenters. The highest BCUT2D eigenvalue weighted by Crippen LogP contribution is 2.14. The van der Waals surface area contributed by atoms with Gasteiger partial charge in [0.25, 0.3) is 5.56 Å². The quantitative estimate of drug-likeness (QED) is 0.606. The zero-order valence-electron chi connectivity index (χ0n) is 7.59. The van der Waals surface area contributed by atoms with Gasteiger partial charge in [-0.15, -0.1) is 0 Å². The fraction of sp³-hybridized carbons (Fsp3) is 0.429. The van der Waals surface area contributed by atoms with Crippen molar-refractivity contribution in [1.82, 2.24) is 9.55 Å². The molecule has 0 aliphatic carbocycles. The third-order valence-corrected chi connectivity index (χ3v) is 3.01. The Hall–Kier alpha value is -0.350. The Morgan fingerprint density at radius 1 is 1.56 bits per heavy atom. The summed E-state index contributed by atoms with van der Waals surface area (Å²) in [5, 5.41) is 0.0117. The van der Waals surface area contributed by atoms with Gasteiger partial charge >= 0.3 is 6.18 Å². The van der Waals surface area contributed by atoms with Crippen molar-refractivity contribution < 1.29 is 17.9 Å². The number of nitrogens with zero attached hydrogens (tertiary/aromatic N) is 2. The highest BCUT2D eigenvalue weighted by molar-refractivity contribution is 14.1. The van der Waals surface area contributed by atoms with Crippen molar-refractivity contribution >= 4 is 34.2 Å². The van der Waals surface area contributed by atoms with E-state index in [-0.39, 0.29) is 8.72 Å². The van der Waals surface area contributed by atoms with Gasteiger partial charge in [-0.1, -0.05) is 11.6 Å². The number of rotatable bonds is 3. The summed E-state index contributed by atoms with van der Waals surface area (Å²) in [5.41, 5.74) is -0.539. The summed E-state index contributed by atoms with van der Waals surface area (Å²) < 4.78 is 40.6. The van der Waals surface area contributed by atoms with Crippen molar-refractivity contribution in [3.63, 3.8) is 0 Å². The van der Waals surface area contributed by atoms with Crippen LogP contribution in [0.3, 0.4) is 0 Å². The summed E-state index contributed by atoms with van der Waals surface area (Å²) in [4.78, 5) is 15.0. The molecule has 0 aliphatic rings. The molecule has 0 fully saturated rings. The molecule has 0 saturated carbocycles. The first-order valence-electron chi connectivity index (χ1n) is 3.86. The van der Waals surface area contributed by atoms with Crippen LogP contribution >= 0.6 is 34.2 Å². The zero-order valence-corrected chi connectivity index (χ0v) is 10.5. The van der Waals surface area contributed by atoms with Crippen LogP contribution in [0.1, 0.15) is 0 Å². The van der Waals surface area contributed by atoms with E-state index in [1.165, 1.54) is 0 Å². The third-order valence-electron chi connectivity index (χ3n) is 1.44. The van der Waals surface area contributed by atoms with E-state index < -0.39 is 25.1 Å². The van der Waals surface area contributed by atoms with Crippen molar-refractivity contribution in [3.05, 3.63) is 25.4 Å². The fourth-order valence-electron chi connectivity index (χ4n) is 0.795. The largest absolute Gasteiger partial charge is 0.411 e. The van der Waals surface area contributed by atoms with Crippen molar-refractivity contribution in [3.8, 4) is 0 Å². The Labute approximate surface area is 107 Å². The average molecular weight is 368 g/mol. The minimum atomic E-state index is -4.42. The number of ether oxygens (including phenoxy) is 1. The minimum absolute atomic E-state index is 0.0117. The average Bonchev–Trinajstić information content (AvgIpc) is 2.16. The molecule has 0 spiro atoms. The van der Waals surface area contributed by atoms with Gasteiger partial charge in [0.15, 0.2) is 0 Å². The lowest BCUT2D eigenvalue weighted by Gasteiger charge is -2.09. The number of hydrogen-bond donors (Lipinski definition) is 0. The topological polar surface area (TPSA) is 44.1 Å². The van der Waals surface area contributed by atoms with E-state index in [2.05, 4.69) is 9.72 Å². The molecule has 0 radical (unpaired) electrons. The minimum Gasteiger partial charge on any atom is -0.351 e. The maximum absolute atomic E-state index is 11.8. The van der Waals surface area contributed by atoms with Gasteiger partial charge in [-0.3, -0.25) is 9.36 Å². The molecule has 0 amide bonds. The van der Waals surface area contributed by atoms with E-state index in [1.54, 1.807) is 22.6 Å². The number of halogens is 5. The van der Waals surface area contributed by atoms with Crippen LogP contribution in [0, 0.1) is 3.57 Å². The normalized spacial score (nSPS) is 11.8. The van der Waals surface area contributed by atoms with Crippen molar-refractivity contribution in [2.45, 2.75) is 12.9 Å². The first-order chi connectivity index (χ1) is 7.31. The van der Waals surface area contributed by atoms with Crippen molar-refractivity contribution in [2.24, 2.45) is 0 Å². The molecular weight excluding hydrogens is 363 g/mol. The Balaban J connectivity index is 2.69. The molecule has 9 heteroatoms. The molecule has 0 aliphatic heterocycles. The van der Waals surface area contributed by atoms with Crippen molar-refractivity contribution in [1.29, 1.82) is 0 Å². The van der Waals surface area contributed by atoms with Crippen molar-refractivity contribution in [2.75, 3.05) is 6.61 Å². The molecule has 0 aromatic carbocycles. The number of alkyl halides is 3. The van der Waals surface area contributed by atoms with Gasteiger partial charge in [0.2, 0.25) is 0 Å². The second-order valence-electron chi connectivity index (χ2n) is 2.72. The molecule has 0 bridgehead atoms. The second kappa shape index (κ2) is 5.32. The van der Waals surface area contributed by atoms with Gasteiger partial charge < -0.3 is 4.74 Å². The summed E-state index contributed by atoms with van der Waals surface area (Å²) in [6.45, 7) is -1.93. The van der Waals surface area contributed by atoms with Gasteiger partial charge in [0.1, 0.15) is 28.4 Å². The van der Waals surface area contributed by atoms with E-state index in [1.807, 2.05) is 0 Å². The molecule has 90 valence electrons. The highest BCUT2D eigenvalue weighted by Gasteiger charge is 2.27. The van der Waals surface area contributed by atoms with Crippen LogP contribution in [0.4, 0.5) is 13.2 Å². The second-order valence-corrected chi connectivity index (χ2v) is 4.15. The third kappa shape index (κ3) is 3.91. The summed E-state index contributed by atoms with van der Waals surface area (Å²) >= 11 is 7.20. The SMILES string of the molecule is O=c1c(I)c(Cl)ncn1COCC(F)(F)F. The summed E-state index contributed by atoms with van der Waals surface area (Å²) in [6, 6.07) is 0. The van der Waals surface area contributed by atoms with Crippen LogP contribution < -0.4 is 5.56 Å². The molecule has 1 aromatic heterocycles. The lowest BCUT2D eigenvalue weighted by Crippen LogP contribution is -2.26. The van der Waals surface area contributed by atoms with Gasteiger partial charge in [-0.05, 0) is 22.6 Å². The van der Waals surface area contributed by atoms with E-state index in [4.69, 9.17) is 11.6 Å². The van der Waals surface area contributed by atoms with E-state index in [0.717, 1.165) is 10.9 Å². The molecule has 0 N–H and O–H groups in total. The predicted octanol–water partition coefficient (Wildman–Crippen LogP) is 2.04. The first kappa shape index (κ1) is 13.7. The lowest BCUT2D eigenvalue weighted by molar-refractivity contribution is -0.182. The maximum atomic E-state index is 11.8. The fourth-order valence-corrected chi connectivity index (χ4v) is 1.37. The van der Waals surface area contributed by atoms with Crippen LogP contribution in [-0.2, 0) is 11.5 Å². The summed E-state index contributed by atoms with van der Waals surface area (Å²) in [6.07, 6.45) is -3.39. The van der Waals surface area contributed by atoms with E-state index >= 15 is 0 Å². The Kier molecular flexibility index (Phi) is 4.56. The van der Waals surface area contributed by atoms with Gasteiger partial charge in [-0.25, -0.2) is 4.98 Å². The molecule has 16 heavy (non-hydrogen) atoms. The summed E-state index contributed by atoms with van der Waals surface area (Å²) in [7, 11) is 0. The Bertz CT molecular complexity index is 435. The zero-order chi connectivity index (χ0) is 12.3. The molecule has 0 saturated heterocycles.